The molecule has 2 aromatic rings. The second-order valence-electron chi connectivity index (χ2n) is 3.52. The Balaban J connectivity index is 2.76. The van der Waals surface area contributed by atoms with Gasteiger partial charge >= 0.3 is 0 Å². The zero-order valence-electron chi connectivity index (χ0n) is 8.46. The SMILES string of the molecule is CN(C)c1ccc2c(Br)cnc(Br)c2c1. The Morgan fingerprint density at radius 1 is 1.13 bits per heavy atom. The van der Waals surface area contributed by atoms with Gasteiger partial charge < -0.3 is 4.90 Å². The van der Waals surface area contributed by atoms with Crippen LogP contribution in [0.1, 0.15) is 0 Å². The first-order valence-electron chi connectivity index (χ1n) is 4.50. The summed E-state index contributed by atoms with van der Waals surface area (Å²) in [6.07, 6.45) is 1.81. The largest absolute Gasteiger partial charge is 0.378 e. The molecule has 0 N–H and O–H groups in total. The smallest absolute Gasteiger partial charge is 0.114 e. The Morgan fingerprint density at radius 3 is 2.53 bits per heavy atom. The summed E-state index contributed by atoms with van der Waals surface area (Å²) in [5.74, 6) is 0. The fraction of sp³-hybridized carbons (Fsp3) is 0.182. The molecule has 0 bridgehead atoms. The van der Waals surface area contributed by atoms with Crippen LogP contribution in [-0.4, -0.2) is 19.1 Å². The van der Waals surface area contributed by atoms with Crippen LogP contribution in [0.25, 0.3) is 10.8 Å². The minimum atomic E-state index is 0.879. The zero-order chi connectivity index (χ0) is 11.0. The molecule has 1 aromatic carbocycles. The van der Waals surface area contributed by atoms with E-state index < -0.39 is 0 Å². The van der Waals surface area contributed by atoms with Gasteiger partial charge in [0.05, 0.1) is 0 Å². The number of hydrogen-bond acceptors (Lipinski definition) is 2. The molecule has 0 saturated carbocycles. The first kappa shape index (κ1) is 10.9. The van der Waals surface area contributed by atoms with E-state index in [-0.39, 0.29) is 0 Å². The van der Waals surface area contributed by atoms with Crippen molar-refractivity contribution in [1.82, 2.24) is 4.98 Å². The first-order valence-corrected chi connectivity index (χ1v) is 6.09. The normalized spacial score (nSPS) is 10.7. The van der Waals surface area contributed by atoms with Crippen LogP contribution in [-0.2, 0) is 0 Å². The zero-order valence-corrected chi connectivity index (χ0v) is 11.6. The highest BCUT2D eigenvalue weighted by Crippen LogP contribution is 2.30. The third-order valence-corrected chi connectivity index (χ3v) is 3.55. The molecule has 0 fully saturated rings. The van der Waals surface area contributed by atoms with E-state index in [1.165, 1.54) is 11.1 Å². The molecular weight excluding hydrogens is 320 g/mol. The van der Waals surface area contributed by atoms with Gasteiger partial charge in [-0.25, -0.2) is 4.98 Å². The Hall–Kier alpha value is -0.610. The highest BCUT2D eigenvalue weighted by Gasteiger charge is 2.05. The molecule has 2 rings (SSSR count). The average molecular weight is 330 g/mol. The maximum atomic E-state index is 4.26. The lowest BCUT2D eigenvalue weighted by atomic mass is 10.1. The van der Waals surface area contributed by atoms with Gasteiger partial charge in [-0.1, -0.05) is 6.07 Å². The highest BCUT2D eigenvalue weighted by atomic mass is 79.9. The summed E-state index contributed by atoms with van der Waals surface area (Å²) in [5, 5.41) is 2.29. The van der Waals surface area contributed by atoms with Gasteiger partial charge in [-0.15, -0.1) is 0 Å². The van der Waals surface area contributed by atoms with Crippen LogP contribution in [0.15, 0.2) is 33.5 Å². The number of hydrogen-bond donors (Lipinski definition) is 0. The van der Waals surface area contributed by atoms with E-state index in [0.717, 1.165) is 14.5 Å². The number of benzene rings is 1. The van der Waals surface area contributed by atoms with Gasteiger partial charge in [-0.05, 0) is 44.0 Å². The number of anilines is 1. The summed E-state index contributed by atoms with van der Waals surface area (Å²) in [5.41, 5.74) is 1.17. The molecule has 15 heavy (non-hydrogen) atoms. The monoisotopic (exact) mass is 328 g/mol. The van der Waals surface area contributed by atoms with E-state index in [1.54, 1.807) is 0 Å². The van der Waals surface area contributed by atoms with Crippen molar-refractivity contribution in [3.63, 3.8) is 0 Å². The van der Waals surface area contributed by atoms with Crippen LogP contribution in [0.3, 0.4) is 0 Å². The highest BCUT2D eigenvalue weighted by molar-refractivity contribution is 9.11. The van der Waals surface area contributed by atoms with Crippen molar-refractivity contribution in [2.75, 3.05) is 19.0 Å². The predicted octanol–water partition coefficient (Wildman–Crippen LogP) is 3.83. The van der Waals surface area contributed by atoms with Crippen LogP contribution < -0.4 is 4.90 Å². The number of nitrogens with zero attached hydrogens (tertiary/aromatic N) is 2. The van der Waals surface area contributed by atoms with Gasteiger partial charge in [0.1, 0.15) is 4.60 Å². The van der Waals surface area contributed by atoms with Crippen molar-refractivity contribution < 1.29 is 0 Å². The lowest BCUT2D eigenvalue weighted by Crippen LogP contribution is -2.08. The van der Waals surface area contributed by atoms with Crippen molar-refractivity contribution >= 4 is 48.3 Å². The Morgan fingerprint density at radius 2 is 1.87 bits per heavy atom. The molecule has 0 aliphatic heterocycles. The summed E-state index contributed by atoms with van der Waals surface area (Å²) in [6.45, 7) is 0. The molecule has 0 spiro atoms. The summed E-state index contributed by atoms with van der Waals surface area (Å²) in [6, 6.07) is 6.32. The molecule has 0 saturated heterocycles. The first-order chi connectivity index (χ1) is 7.09. The summed E-state index contributed by atoms with van der Waals surface area (Å²) >= 11 is 6.96. The number of pyridine rings is 1. The molecule has 0 atom stereocenters. The quantitative estimate of drug-likeness (QED) is 0.739. The minimum absolute atomic E-state index is 0.879. The number of fused-ring (bicyclic) bond motifs is 1. The topological polar surface area (TPSA) is 16.1 Å². The summed E-state index contributed by atoms with van der Waals surface area (Å²) < 4.78 is 1.90. The predicted molar refractivity (Wildman–Crippen MR) is 71.5 cm³/mol. The third-order valence-electron chi connectivity index (χ3n) is 2.29. The molecule has 2 nitrogen and oxygen atoms in total. The van der Waals surface area contributed by atoms with Crippen molar-refractivity contribution in [2.24, 2.45) is 0 Å². The van der Waals surface area contributed by atoms with E-state index in [1.807, 2.05) is 20.3 Å². The van der Waals surface area contributed by atoms with Crippen molar-refractivity contribution in [3.8, 4) is 0 Å². The lowest BCUT2D eigenvalue weighted by Gasteiger charge is -2.13. The van der Waals surface area contributed by atoms with Gasteiger partial charge in [0.15, 0.2) is 0 Å². The van der Waals surface area contributed by atoms with Crippen molar-refractivity contribution in [2.45, 2.75) is 0 Å². The van der Waals surface area contributed by atoms with Gasteiger partial charge in [0.25, 0.3) is 0 Å². The molecule has 0 unspecified atom stereocenters. The van der Waals surface area contributed by atoms with E-state index >= 15 is 0 Å². The van der Waals surface area contributed by atoms with Crippen LogP contribution in [0.2, 0.25) is 0 Å². The van der Waals surface area contributed by atoms with Crippen LogP contribution in [0, 0.1) is 0 Å². The van der Waals surface area contributed by atoms with Crippen LogP contribution >= 0.6 is 31.9 Å². The number of rotatable bonds is 1. The van der Waals surface area contributed by atoms with Crippen LogP contribution in [0.5, 0.6) is 0 Å². The Bertz CT molecular complexity index is 509. The molecule has 0 radical (unpaired) electrons. The molecule has 0 aliphatic rings. The second-order valence-corrected chi connectivity index (χ2v) is 5.13. The molecular formula is C11H10Br2N2. The molecule has 78 valence electrons. The van der Waals surface area contributed by atoms with E-state index in [9.17, 15) is 0 Å². The van der Waals surface area contributed by atoms with Crippen molar-refractivity contribution in [1.29, 1.82) is 0 Å². The summed E-state index contributed by atoms with van der Waals surface area (Å²) in [4.78, 5) is 6.33. The molecule has 1 heterocycles. The molecule has 1 aromatic heterocycles. The fourth-order valence-electron chi connectivity index (χ4n) is 1.44. The maximum Gasteiger partial charge on any atom is 0.114 e. The Labute approximate surface area is 106 Å². The lowest BCUT2D eigenvalue weighted by molar-refractivity contribution is 1.13. The van der Waals surface area contributed by atoms with Gasteiger partial charge in [-0.2, -0.15) is 0 Å². The van der Waals surface area contributed by atoms with Gasteiger partial charge in [0.2, 0.25) is 0 Å². The van der Waals surface area contributed by atoms with E-state index in [0.29, 0.717) is 0 Å². The Kier molecular flexibility index (Phi) is 2.98. The molecule has 0 aliphatic carbocycles. The third kappa shape index (κ3) is 2.01. The number of aromatic nitrogens is 1. The minimum Gasteiger partial charge on any atom is -0.378 e. The number of halogens is 2. The van der Waals surface area contributed by atoms with E-state index in [2.05, 4.69) is 59.9 Å². The standard InChI is InChI=1S/C11H10Br2N2/c1-15(2)7-3-4-8-9(5-7)11(13)14-6-10(8)12/h3-6H,1-2H3. The fourth-order valence-corrected chi connectivity index (χ4v) is 2.32. The van der Waals surface area contributed by atoms with E-state index in [4.69, 9.17) is 0 Å². The van der Waals surface area contributed by atoms with Gasteiger partial charge in [0, 0.05) is 41.2 Å². The van der Waals surface area contributed by atoms with Crippen LogP contribution in [0.4, 0.5) is 5.69 Å². The summed E-state index contributed by atoms with van der Waals surface area (Å²) in [7, 11) is 4.06. The van der Waals surface area contributed by atoms with Crippen molar-refractivity contribution in [3.05, 3.63) is 33.5 Å². The second kappa shape index (κ2) is 4.10. The van der Waals surface area contributed by atoms with Gasteiger partial charge in [-0.3, -0.25) is 0 Å². The molecule has 4 heteroatoms. The molecule has 0 amide bonds. The maximum absolute atomic E-state index is 4.26. The average Bonchev–Trinajstić information content (AvgIpc) is 2.23.